The van der Waals surface area contributed by atoms with E-state index in [9.17, 15) is 18.0 Å². The Hall–Kier alpha value is -2.59. The number of rotatable bonds is 7. The number of allylic oxidation sites excluding steroid dienone is 1. The average Bonchev–Trinajstić information content (AvgIpc) is 3.29. The average molecular weight is 522 g/mol. The molecule has 3 aliphatic rings. The summed E-state index contributed by atoms with van der Waals surface area (Å²) < 4.78 is 44.8. The molecule has 2 aliphatic heterocycles. The van der Waals surface area contributed by atoms with Crippen molar-refractivity contribution in [3.05, 3.63) is 46.7 Å². The molecule has 10 heteroatoms. The fourth-order valence-electron chi connectivity index (χ4n) is 5.55. The van der Waals surface area contributed by atoms with Gasteiger partial charge in [-0.25, -0.2) is 0 Å². The molecule has 0 saturated carbocycles. The summed E-state index contributed by atoms with van der Waals surface area (Å²) in [6.07, 6.45) is -0.752. The van der Waals surface area contributed by atoms with E-state index in [0.717, 1.165) is 49.1 Å². The SMILES string of the molecule is CNC1=C(C(=N)N2CCN(C(=O)[C@H](CNC3CCOCC3)c3ccc(C(F)(F)F)cc3)CC2)[C@H](C)CC1. The lowest BCUT2D eigenvalue weighted by Gasteiger charge is -2.38. The highest BCUT2D eigenvalue weighted by molar-refractivity contribution is 5.97. The van der Waals surface area contributed by atoms with Crippen molar-refractivity contribution in [3.8, 4) is 0 Å². The Labute approximate surface area is 216 Å². The lowest BCUT2D eigenvalue weighted by atomic mass is 9.95. The summed E-state index contributed by atoms with van der Waals surface area (Å²) in [5.74, 6) is 0.191. The molecule has 0 bridgehead atoms. The molecular weight excluding hydrogens is 483 g/mol. The first-order valence-electron chi connectivity index (χ1n) is 13.2. The Morgan fingerprint density at radius 3 is 2.30 bits per heavy atom. The van der Waals surface area contributed by atoms with Crippen LogP contribution in [0.2, 0.25) is 0 Å². The molecule has 37 heavy (non-hydrogen) atoms. The van der Waals surface area contributed by atoms with Gasteiger partial charge in [0.05, 0.1) is 11.5 Å². The van der Waals surface area contributed by atoms with Crippen LogP contribution in [0.25, 0.3) is 0 Å². The largest absolute Gasteiger partial charge is 0.416 e. The van der Waals surface area contributed by atoms with Gasteiger partial charge < -0.3 is 25.2 Å². The third kappa shape index (κ3) is 6.46. The number of ether oxygens (including phenoxy) is 1. The number of hydrogen-bond donors (Lipinski definition) is 3. The van der Waals surface area contributed by atoms with Gasteiger partial charge in [-0.2, -0.15) is 13.2 Å². The third-order valence-electron chi connectivity index (χ3n) is 7.88. The van der Waals surface area contributed by atoms with E-state index in [2.05, 4.69) is 17.6 Å². The van der Waals surface area contributed by atoms with Gasteiger partial charge in [0.1, 0.15) is 5.84 Å². The number of amides is 1. The number of nitrogens with zero attached hydrogens (tertiary/aromatic N) is 2. The van der Waals surface area contributed by atoms with E-state index in [0.29, 0.717) is 63.3 Å². The van der Waals surface area contributed by atoms with Gasteiger partial charge in [0.2, 0.25) is 5.91 Å². The maximum Gasteiger partial charge on any atom is 0.416 e. The molecule has 4 rings (SSSR count). The molecule has 204 valence electrons. The zero-order valence-electron chi connectivity index (χ0n) is 21.7. The minimum Gasteiger partial charge on any atom is -0.391 e. The van der Waals surface area contributed by atoms with Gasteiger partial charge in [-0.1, -0.05) is 19.1 Å². The van der Waals surface area contributed by atoms with Crippen molar-refractivity contribution in [3.63, 3.8) is 0 Å². The summed E-state index contributed by atoms with van der Waals surface area (Å²) in [6.45, 7) is 5.91. The van der Waals surface area contributed by atoms with Crippen LogP contribution >= 0.6 is 0 Å². The molecule has 0 spiro atoms. The highest BCUT2D eigenvalue weighted by atomic mass is 19.4. The molecular formula is C27H38F3N5O2. The highest BCUT2D eigenvalue weighted by Gasteiger charge is 2.34. The Kier molecular flexibility index (Phi) is 8.79. The highest BCUT2D eigenvalue weighted by Crippen LogP contribution is 2.33. The summed E-state index contributed by atoms with van der Waals surface area (Å²) in [6, 6.07) is 5.18. The van der Waals surface area contributed by atoms with Gasteiger partial charge in [-0.05, 0) is 49.3 Å². The predicted octanol–water partition coefficient (Wildman–Crippen LogP) is 3.58. The number of nitrogens with one attached hydrogen (secondary N) is 3. The van der Waals surface area contributed by atoms with Crippen LogP contribution in [0, 0.1) is 11.3 Å². The summed E-state index contributed by atoms with van der Waals surface area (Å²) in [7, 11) is 1.90. The van der Waals surface area contributed by atoms with Crippen molar-refractivity contribution in [2.24, 2.45) is 5.92 Å². The zero-order chi connectivity index (χ0) is 26.6. The number of halogens is 3. The Morgan fingerprint density at radius 2 is 1.70 bits per heavy atom. The Morgan fingerprint density at radius 1 is 1.08 bits per heavy atom. The first-order chi connectivity index (χ1) is 17.7. The van der Waals surface area contributed by atoms with Crippen molar-refractivity contribution in [1.29, 1.82) is 5.41 Å². The van der Waals surface area contributed by atoms with Crippen LogP contribution in [0.5, 0.6) is 0 Å². The number of carbonyl (C=O) groups is 1. The molecule has 1 amide bonds. The first kappa shape index (κ1) is 27.4. The second-order valence-corrected chi connectivity index (χ2v) is 10.2. The number of carbonyl (C=O) groups excluding carboxylic acids is 1. The standard InChI is InChI=1S/C27H38F3N5O2/c1-18-3-8-23(32-2)24(18)25(31)34-11-13-35(14-12-34)26(36)22(17-33-21-9-15-37-16-10-21)19-4-6-20(7-5-19)27(28,29)30/h4-7,18,21-22,31-33H,3,8-17H2,1-2H3/t18-,22-/m1/s1. The molecule has 1 aromatic rings. The lowest BCUT2D eigenvalue weighted by molar-refractivity contribution is -0.137. The predicted molar refractivity (Wildman–Crippen MR) is 136 cm³/mol. The zero-order valence-corrected chi connectivity index (χ0v) is 21.7. The van der Waals surface area contributed by atoms with E-state index < -0.39 is 17.7 Å². The Balaban J connectivity index is 1.44. The normalized spacial score (nSPS) is 22.4. The van der Waals surface area contributed by atoms with E-state index in [-0.39, 0.29) is 11.9 Å². The number of hydrogen-bond acceptors (Lipinski definition) is 5. The van der Waals surface area contributed by atoms with Crippen LogP contribution < -0.4 is 10.6 Å². The van der Waals surface area contributed by atoms with E-state index in [1.54, 1.807) is 4.90 Å². The van der Waals surface area contributed by atoms with E-state index in [1.165, 1.54) is 12.1 Å². The molecule has 0 aromatic heterocycles. The van der Waals surface area contributed by atoms with Crippen molar-refractivity contribution in [1.82, 2.24) is 20.4 Å². The number of benzene rings is 1. The smallest absolute Gasteiger partial charge is 0.391 e. The number of amidine groups is 1. The molecule has 7 nitrogen and oxygen atoms in total. The van der Waals surface area contributed by atoms with Gasteiger partial charge in [0.15, 0.2) is 0 Å². The fourth-order valence-corrected chi connectivity index (χ4v) is 5.55. The minimum absolute atomic E-state index is 0.0881. The quantitative estimate of drug-likeness (QED) is 0.378. The Bertz CT molecular complexity index is 981. The van der Waals surface area contributed by atoms with Gasteiger partial charge in [0, 0.05) is 70.3 Å². The second-order valence-electron chi connectivity index (χ2n) is 10.2. The number of alkyl halides is 3. The van der Waals surface area contributed by atoms with Gasteiger partial charge in [-0.15, -0.1) is 0 Å². The molecule has 2 heterocycles. The van der Waals surface area contributed by atoms with Crippen molar-refractivity contribution in [2.75, 3.05) is 53.0 Å². The van der Waals surface area contributed by atoms with Crippen LogP contribution in [0.15, 0.2) is 35.5 Å². The molecule has 2 fully saturated rings. The molecule has 3 N–H and O–H groups in total. The van der Waals surface area contributed by atoms with Crippen molar-refractivity contribution >= 4 is 11.7 Å². The molecule has 1 aliphatic carbocycles. The minimum atomic E-state index is -4.42. The topological polar surface area (TPSA) is 80.7 Å². The van der Waals surface area contributed by atoms with Crippen LogP contribution in [0.3, 0.4) is 0 Å². The molecule has 0 unspecified atom stereocenters. The lowest BCUT2D eigenvalue weighted by Crippen LogP contribution is -2.53. The van der Waals surface area contributed by atoms with E-state index >= 15 is 0 Å². The fraction of sp³-hybridized carbons (Fsp3) is 0.630. The number of piperazine rings is 1. The van der Waals surface area contributed by atoms with Gasteiger partial charge in [0.25, 0.3) is 0 Å². The molecule has 2 saturated heterocycles. The second kappa shape index (κ2) is 11.9. The summed E-state index contributed by atoms with van der Waals surface area (Å²) in [4.78, 5) is 17.5. The third-order valence-corrected chi connectivity index (χ3v) is 7.88. The molecule has 1 aromatic carbocycles. The maximum atomic E-state index is 13.7. The molecule has 2 atom stereocenters. The van der Waals surface area contributed by atoms with Crippen LogP contribution in [0.4, 0.5) is 13.2 Å². The van der Waals surface area contributed by atoms with Gasteiger partial charge in [-0.3, -0.25) is 10.2 Å². The van der Waals surface area contributed by atoms with Crippen LogP contribution in [-0.2, 0) is 15.7 Å². The van der Waals surface area contributed by atoms with E-state index in [4.69, 9.17) is 10.1 Å². The summed E-state index contributed by atoms with van der Waals surface area (Å²) >= 11 is 0. The van der Waals surface area contributed by atoms with Crippen LogP contribution in [0.1, 0.15) is 49.7 Å². The van der Waals surface area contributed by atoms with E-state index in [1.807, 2.05) is 11.9 Å². The molecule has 0 radical (unpaired) electrons. The summed E-state index contributed by atoms with van der Waals surface area (Å²) in [5, 5.41) is 15.5. The first-order valence-corrected chi connectivity index (χ1v) is 13.2. The van der Waals surface area contributed by atoms with Crippen molar-refractivity contribution in [2.45, 2.75) is 50.7 Å². The van der Waals surface area contributed by atoms with Crippen LogP contribution in [-0.4, -0.2) is 80.6 Å². The van der Waals surface area contributed by atoms with Crippen molar-refractivity contribution < 1.29 is 22.7 Å². The maximum absolute atomic E-state index is 13.7. The summed E-state index contributed by atoms with van der Waals surface area (Å²) in [5.41, 5.74) is 2.04. The monoisotopic (exact) mass is 521 g/mol. The van der Waals surface area contributed by atoms with Gasteiger partial charge >= 0.3 is 6.18 Å².